The van der Waals surface area contributed by atoms with Crippen molar-refractivity contribution < 1.29 is 26.3 Å². The van der Waals surface area contributed by atoms with Crippen molar-refractivity contribution in [2.75, 3.05) is 5.88 Å². The van der Waals surface area contributed by atoms with E-state index in [2.05, 4.69) is 6.58 Å². The van der Waals surface area contributed by atoms with Crippen LogP contribution in [0.2, 0.25) is 0 Å². The van der Waals surface area contributed by atoms with Crippen LogP contribution in [0.4, 0.5) is 26.3 Å². The summed E-state index contributed by atoms with van der Waals surface area (Å²) in [6.07, 6.45) is -9.72. The Morgan fingerprint density at radius 1 is 0.944 bits per heavy atom. The lowest BCUT2D eigenvalue weighted by Crippen LogP contribution is -2.11. The first-order chi connectivity index (χ1) is 8.05. The van der Waals surface area contributed by atoms with Crippen LogP contribution in [0.5, 0.6) is 0 Å². The zero-order valence-electron chi connectivity index (χ0n) is 8.79. The van der Waals surface area contributed by atoms with E-state index in [-0.39, 0.29) is 23.1 Å². The molecule has 0 N–H and O–H groups in total. The van der Waals surface area contributed by atoms with E-state index >= 15 is 0 Å². The third-order valence-electron chi connectivity index (χ3n) is 2.16. The molecule has 0 amide bonds. The lowest BCUT2D eigenvalue weighted by Gasteiger charge is -2.14. The van der Waals surface area contributed by atoms with Gasteiger partial charge in [-0.1, -0.05) is 6.58 Å². The van der Waals surface area contributed by atoms with Crippen molar-refractivity contribution in [3.8, 4) is 0 Å². The van der Waals surface area contributed by atoms with Gasteiger partial charge in [-0.25, -0.2) is 0 Å². The van der Waals surface area contributed by atoms with Gasteiger partial charge in [-0.15, -0.1) is 11.6 Å². The molecule has 18 heavy (non-hydrogen) atoms. The predicted molar refractivity (Wildman–Crippen MR) is 56.2 cm³/mol. The molecule has 0 aromatic heterocycles. The zero-order valence-corrected chi connectivity index (χ0v) is 9.55. The van der Waals surface area contributed by atoms with E-state index in [4.69, 9.17) is 11.6 Å². The van der Waals surface area contributed by atoms with Gasteiger partial charge in [0.05, 0.1) is 11.1 Å². The molecule has 0 aliphatic carbocycles. The number of hydrogen-bond donors (Lipinski definition) is 0. The van der Waals surface area contributed by atoms with Crippen LogP contribution in [0.25, 0.3) is 5.57 Å². The van der Waals surface area contributed by atoms with E-state index in [0.29, 0.717) is 12.1 Å². The zero-order chi connectivity index (χ0) is 14.1. The lowest BCUT2D eigenvalue weighted by molar-refractivity contribution is -0.143. The van der Waals surface area contributed by atoms with Crippen LogP contribution in [-0.4, -0.2) is 5.88 Å². The number of allylic oxidation sites excluding steroid dienone is 1. The average Bonchev–Trinajstić information content (AvgIpc) is 2.25. The summed E-state index contributed by atoms with van der Waals surface area (Å²) in [7, 11) is 0. The van der Waals surface area contributed by atoms with Crippen molar-refractivity contribution in [1.82, 2.24) is 0 Å². The standard InChI is InChI=1S/C11H7ClF6/c1-6(5-12)7-2-8(10(13,14)15)4-9(3-7)11(16,17)18/h2-4H,1,5H2. The summed E-state index contributed by atoms with van der Waals surface area (Å²) in [5.41, 5.74) is -3.03. The molecule has 1 aromatic carbocycles. The van der Waals surface area contributed by atoms with Gasteiger partial charge in [0.15, 0.2) is 0 Å². The topological polar surface area (TPSA) is 0 Å². The number of halogens is 7. The van der Waals surface area contributed by atoms with E-state index in [1.165, 1.54) is 0 Å². The van der Waals surface area contributed by atoms with Crippen molar-refractivity contribution in [3.05, 3.63) is 41.5 Å². The lowest BCUT2D eigenvalue weighted by atomic mass is 10.0. The Balaban J connectivity index is 3.44. The highest BCUT2D eigenvalue weighted by atomic mass is 35.5. The maximum Gasteiger partial charge on any atom is 0.416 e. The first-order valence-corrected chi connectivity index (χ1v) is 5.12. The number of benzene rings is 1. The average molecular weight is 289 g/mol. The Morgan fingerprint density at radius 2 is 1.33 bits per heavy atom. The van der Waals surface area contributed by atoms with Crippen molar-refractivity contribution in [1.29, 1.82) is 0 Å². The van der Waals surface area contributed by atoms with Crippen molar-refractivity contribution in [2.24, 2.45) is 0 Å². The van der Waals surface area contributed by atoms with Gasteiger partial charge in [0.1, 0.15) is 0 Å². The minimum atomic E-state index is -4.86. The van der Waals surface area contributed by atoms with Gasteiger partial charge >= 0.3 is 12.4 Å². The van der Waals surface area contributed by atoms with E-state index < -0.39 is 23.5 Å². The van der Waals surface area contributed by atoms with Crippen LogP contribution in [0.3, 0.4) is 0 Å². The van der Waals surface area contributed by atoms with Crippen LogP contribution in [0.15, 0.2) is 24.8 Å². The van der Waals surface area contributed by atoms with E-state index in [9.17, 15) is 26.3 Å². The van der Waals surface area contributed by atoms with Gasteiger partial charge in [0.25, 0.3) is 0 Å². The molecule has 0 unspecified atom stereocenters. The third kappa shape index (κ3) is 3.41. The Bertz CT molecular complexity index is 425. The minimum absolute atomic E-state index is 0.00623. The maximum atomic E-state index is 12.5. The van der Waals surface area contributed by atoms with E-state index in [1.54, 1.807) is 0 Å². The Hall–Kier alpha value is -1.17. The Labute approximate surface area is 104 Å². The summed E-state index contributed by atoms with van der Waals surface area (Å²) in [5, 5.41) is 0. The van der Waals surface area contributed by atoms with Crippen molar-refractivity contribution >= 4 is 17.2 Å². The van der Waals surface area contributed by atoms with Gasteiger partial charge in [0, 0.05) is 5.88 Å². The summed E-state index contributed by atoms with van der Waals surface area (Å²) in [4.78, 5) is 0. The van der Waals surface area contributed by atoms with Gasteiger partial charge in [-0.05, 0) is 29.3 Å². The van der Waals surface area contributed by atoms with Gasteiger partial charge in [0.2, 0.25) is 0 Å². The smallest absolute Gasteiger partial charge is 0.166 e. The van der Waals surface area contributed by atoms with Gasteiger partial charge < -0.3 is 0 Å². The summed E-state index contributed by atoms with van der Waals surface area (Å²) in [6.45, 7) is 3.32. The molecule has 0 saturated carbocycles. The van der Waals surface area contributed by atoms with E-state index in [0.717, 1.165) is 0 Å². The molecule has 0 heterocycles. The minimum Gasteiger partial charge on any atom is -0.166 e. The molecule has 0 saturated heterocycles. The first-order valence-electron chi connectivity index (χ1n) is 4.59. The molecule has 0 bridgehead atoms. The molecule has 0 fully saturated rings. The molecule has 1 rings (SSSR count). The number of alkyl halides is 7. The summed E-state index contributed by atoms with van der Waals surface area (Å²) in [5.74, 6) is -0.251. The molecule has 0 spiro atoms. The molecule has 0 aliphatic heterocycles. The van der Waals surface area contributed by atoms with Crippen LogP contribution in [-0.2, 0) is 12.4 Å². The summed E-state index contributed by atoms with van der Waals surface area (Å²) >= 11 is 5.36. The first kappa shape index (κ1) is 14.9. The quantitative estimate of drug-likeness (QED) is 0.532. The monoisotopic (exact) mass is 288 g/mol. The maximum absolute atomic E-state index is 12.5. The van der Waals surface area contributed by atoms with Gasteiger partial charge in [-0.3, -0.25) is 0 Å². The van der Waals surface area contributed by atoms with Crippen LogP contribution in [0.1, 0.15) is 16.7 Å². The largest absolute Gasteiger partial charge is 0.416 e. The third-order valence-corrected chi connectivity index (χ3v) is 2.48. The molecule has 0 radical (unpaired) electrons. The molecule has 7 heteroatoms. The SMILES string of the molecule is C=C(CCl)c1cc(C(F)(F)F)cc(C(F)(F)F)c1. The normalized spacial score (nSPS) is 12.6. The van der Waals surface area contributed by atoms with E-state index in [1.807, 2.05) is 0 Å². The second-order valence-electron chi connectivity index (χ2n) is 3.53. The second-order valence-corrected chi connectivity index (χ2v) is 3.80. The number of rotatable bonds is 2. The predicted octanol–water partition coefficient (Wildman–Crippen LogP) is 4.98. The second kappa shape index (κ2) is 4.84. The fourth-order valence-corrected chi connectivity index (χ4v) is 1.39. The Kier molecular flexibility index (Phi) is 4.00. The molecule has 0 atom stereocenters. The molecule has 100 valence electrons. The van der Waals surface area contributed by atoms with Crippen molar-refractivity contribution in [3.63, 3.8) is 0 Å². The molecular formula is C11H7ClF6. The molecule has 1 aromatic rings. The molecular weight excluding hydrogens is 282 g/mol. The highest BCUT2D eigenvalue weighted by Crippen LogP contribution is 2.37. The van der Waals surface area contributed by atoms with Crippen molar-refractivity contribution in [2.45, 2.75) is 12.4 Å². The highest BCUT2D eigenvalue weighted by molar-refractivity contribution is 6.23. The van der Waals surface area contributed by atoms with Crippen LogP contribution < -0.4 is 0 Å². The van der Waals surface area contributed by atoms with Crippen LogP contribution in [0, 0.1) is 0 Å². The highest BCUT2D eigenvalue weighted by Gasteiger charge is 2.36. The van der Waals surface area contributed by atoms with Crippen LogP contribution >= 0.6 is 11.6 Å². The molecule has 0 nitrogen and oxygen atoms in total. The number of hydrogen-bond acceptors (Lipinski definition) is 0. The Morgan fingerprint density at radius 3 is 1.61 bits per heavy atom. The fourth-order valence-electron chi connectivity index (χ4n) is 1.24. The molecule has 0 aliphatic rings. The fraction of sp³-hybridized carbons (Fsp3) is 0.273. The summed E-state index contributed by atoms with van der Waals surface area (Å²) in [6, 6.07) is 1.25. The van der Waals surface area contributed by atoms with Gasteiger partial charge in [-0.2, -0.15) is 26.3 Å². The summed E-state index contributed by atoms with van der Waals surface area (Å²) < 4.78 is 74.8.